The van der Waals surface area contributed by atoms with Gasteiger partial charge in [-0.1, -0.05) is 48.5 Å². The van der Waals surface area contributed by atoms with E-state index in [2.05, 4.69) is 41.4 Å². The molecule has 34 heavy (non-hydrogen) atoms. The minimum atomic E-state index is 0. The van der Waals surface area contributed by atoms with Crippen LogP contribution >= 0.6 is 24.0 Å². The fourth-order valence-corrected chi connectivity index (χ4v) is 4.01. The topological polar surface area (TPSA) is 58.9 Å². The van der Waals surface area contributed by atoms with Crippen LogP contribution in [0.1, 0.15) is 30.9 Å². The predicted molar refractivity (Wildman–Crippen MR) is 148 cm³/mol. The van der Waals surface area contributed by atoms with Gasteiger partial charge in [-0.05, 0) is 36.2 Å². The van der Waals surface area contributed by atoms with E-state index in [0.29, 0.717) is 13.1 Å². The summed E-state index contributed by atoms with van der Waals surface area (Å²) in [7, 11) is 0. The molecule has 0 spiro atoms. The number of guanidine groups is 1. The second-order valence-electron chi connectivity index (χ2n) is 8.27. The molecule has 180 valence electrons. The lowest BCUT2D eigenvalue weighted by atomic mass is 10.1. The van der Waals surface area contributed by atoms with Gasteiger partial charge in [-0.25, -0.2) is 4.99 Å². The number of nitrogens with one attached hydrogen (secondary N) is 1. The van der Waals surface area contributed by atoms with Crippen LogP contribution in [0.25, 0.3) is 0 Å². The number of benzene rings is 2. The van der Waals surface area contributed by atoms with Crippen molar-refractivity contribution >= 4 is 29.9 Å². The Morgan fingerprint density at radius 1 is 0.971 bits per heavy atom. The molecule has 0 bridgehead atoms. The van der Waals surface area contributed by atoms with Gasteiger partial charge in [0.1, 0.15) is 11.9 Å². The van der Waals surface area contributed by atoms with Gasteiger partial charge < -0.3 is 19.5 Å². The molecular weight excluding hydrogens is 539 g/mol. The summed E-state index contributed by atoms with van der Waals surface area (Å²) < 4.78 is 7.84. The lowest BCUT2D eigenvalue weighted by molar-refractivity contribution is 0.129. The molecule has 4 rings (SSSR count). The zero-order chi connectivity index (χ0) is 22.9. The lowest BCUT2D eigenvalue weighted by Gasteiger charge is -2.34. The Morgan fingerprint density at radius 3 is 2.32 bits per heavy atom. The summed E-state index contributed by atoms with van der Waals surface area (Å²) in [6.45, 7) is 5.98. The van der Waals surface area contributed by atoms with Gasteiger partial charge in [-0.2, -0.15) is 0 Å². The van der Waals surface area contributed by atoms with E-state index in [4.69, 9.17) is 9.73 Å². The minimum absolute atomic E-state index is 0. The maximum absolute atomic E-state index is 11.9. The number of nitrogens with zero attached hydrogens (tertiary/aromatic N) is 3. The standard InChI is InChI=1S/C27H32N4O2.HI/c1-2-28-27(30-18-15-25(16-19-30)33-24-8-4-3-5-9-24)29-20-22-11-13-23(14-12-22)21-31-17-7-6-10-26(31)32;/h3-14,17,25H,2,15-16,18-21H2,1H3,(H,28,29);1H. The van der Waals surface area contributed by atoms with Gasteiger partial charge in [0.25, 0.3) is 5.56 Å². The van der Waals surface area contributed by atoms with Crippen molar-refractivity contribution in [3.63, 3.8) is 0 Å². The fourth-order valence-electron chi connectivity index (χ4n) is 4.01. The summed E-state index contributed by atoms with van der Waals surface area (Å²) in [4.78, 5) is 19.1. The monoisotopic (exact) mass is 572 g/mol. The highest BCUT2D eigenvalue weighted by molar-refractivity contribution is 14.0. The summed E-state index contributed by atoms with van der Waals surface area (Å²) in [6.07, 6.45) is 4.02. The summed E-state index contributed by atoms with van der Waals surface area (Å²) in [6, 6.07) is 23.6. The van der Waals surface area contributed by atoms with Crippen LogP contribution in [-0.4, -0.2) is 41.2 Å². The van der Waals surface area contributed by atoms with Gasteiger partial charge in [-0.3, -0.25) is 4.79 Å². The van der Waals surface area contributed by atoms with Crippen molar-refractivity contribution < 1.29 is 4.74 Å². The van der Waals surface area contributed by atoms with E-state index in [1.165, 1.54) is 0 Å². The van der Waals surface area contributed by atoms with Gasteiger partial charge in [0.2, 0.25) is 0 Å². The van der Waals surface area contributed by atoms with Crippen molar-refractivity contribution in [1.82, 2.24) is 14.8 Å². The lowest BCUT2D eigenvalue weighted by Crippen LogP contribution is -2.47. The van der Waals surface area contributed by atoms with Crippen molar-refractivity contribution in [1.29, 1.82) is 0 Å². The second kappa shape index (κ2) is 13.2. The first-order valence-electron chi connectivity index (χ1n) is 11.7. The Bertz CT molecular complexity index is 1090. The quantitative estimate of drug-likeness (QED) is 0.257. The maximum Gasteiger partial charge on any atom is 0.250 e. The van der Waals surface area contributed by atoms with E-state index in [1.54, 1.807) is 16.7 Å². The Kier molecular flexibility index (Phi) is 10.00. The van der Waals surface area contributed by atoms with E-state index in [0.717, 1.165) is 55.3 Å². The molecule has 0 saturated carbocycles. The molecule has 1 aliphatic heterocycles. The maximum atomic E-state index is 11.9. The zero-order valence-electron chi connectivity index (χ0n) is 19.6. The van der Waals surface area contributed by atoms with Crippen LogP contribution in [0.5, 0.6) is 5.75 Å². The van der Waals surface area contributed by atoms with Crippen LogP contribution in [0.4, 0.5) is 0 Å². The van der Waals surface area contributed by atoms with Crippen molar-refractivity contribution in [3.05, 3.63) is 100 Å². The molecule has 2 aromatic carbocycles. The van der Waals surface area contributed by atoms with Crippen molar-refractivity contribution in [3.8, 4) is 5.75 Å². The summed E-state index contributed by atoms with van der Waals surface area (Å²) >= 11 is 0. The molecule has 0 amide bonds. The Morgan fingerprint density at radius 2 is 1.65 bits per heavy atom. The third kappa shape index (κ3) is 7.35. The molecule has 1 aromatic heterocycles. The van der Waals surface area contributed by atoms with Crippen LogP contribution < -0.4 is 15.6 Å². The highest BCUT2D eigenvalue weighted by atomic mass is 127. The van der Waals surface area contributed by atoms with Gasteiger partial charge >= 0.3 is 0 Å². The summed E-state index contributed by atoms with van der Waals surface area (Å²) in [5, 5.41) is 3.43. The van der Waals surface area contributed by atoms with Crippen molar-refractivity contribution in [2.75, 3.05) is 19.6 Å². The number of rotatable bonds is 7. The molecule has 0 unspecified atom stereocenters. The molecule has 0 aliphatic carbocycles. The zero-order valence-corrected chi connectivity index (χ0v) is 21.9. The number of ether oxygens (including phenoxy) is 1. The van der Waals surface area contributed by atoms with Crippen molar-refractivity contribution in [2.24, 2.45) is 4.99 Å². The third-order valence-corrected chi connectivity index (χ3v) is 5.81. The van der Waals surface area contributed by atoms with E-state index < -0.39 is 0 Å². The number of likely N-dealkylation sites (tertiary alicyclic amines) is 1. The molecule has 0 atom stereocenters. The second-order valence-corrected chi connectivity index (χ2v) is 8.27. The van der Waals surface area contributed by atoms with Crippen LogP contribution in [0.3, 0.4) is 0 Å². The van der Waals surface area contributed by atoms with Crippen LogP contribution in [-0.2, 0) is 13.1 Å². The number of halogens is 1. The molecule has 1 N–H and O–H groups in total. The van der Waals surface area contributed by atoms with Crippen molar-refractivity contribution in [2.45, 2.75) is 39.0 Å². The molecular formula is C27H33IN4O2. The number of piperidine rings is 1. The Labute approximate surface area is 218 Å². The number of hydrogen-bond acceptors (Lipinski definition) is 3. The Balaban J connectivity index is 0.00000324. The predicted octanol–water partition coefficient (Wildman–Crippen LogP) is 4.52. The number of aromatic nitrogens is 1. The summed E-state index contributed by atoms with van der Waals surface area (Å²) in [5.74, 6) is 1.90. The Hall–Kier alpha value is -2.81. The van der Waals surface area contributed by atoms with E-state index in [-0.39, 0.29) is 35.6 Å². The molecule has 1 fully saturated rings. The largest absolute Gasteiger partial charge is 0.490 e. The number of aliphatic imine (C=N–C) groups is 1. The van der Waals surface area contributed by atoms with E-state index >= 15 is 0 Å². The van der Waals surface area contributed by atoms with Crippen LogP contribution in [0.2, 0.25) is 0 Å². The highest BCUT2D eigenvalue weighted by Crippen LogP contribution is 2.19. The molecule has 6 nitrogen and oxygen atoms in total. The fraction of sp³-hybridized carbons (Fsp3) is 0.333. The minimum Gasteiger partial charge on any atom is -0.490 e. The molecule has 1 saturated heterocycles. The van der Waals surface area contributed by atoms with Gasteiger partial charge in [0.05, 0.1) is 13.1 Å². The molecule has 3 aromatic rings. The normalized spacial score (nSPS) is 14.4. The van der Waals surface area contributed by atoms with Gasteiger partial charge in [0.15, 0.2) is 5.96 Å². The first-order valence-corrected chi connectivity index (χ1v) is 11.7. The average molecular weight is 572 g/mol. The highest BCUT2D eigenvalue weighted by Gasteiger charge is 2.22. The van der Waals surface area contributed by atoms with Gasteiger partial charge in [0, 0.05) is 44.7 Å². The molecule has 1 aliphatic rings. The first-order chi connectivity index (χ1) is 16.2. The SMILES string of the molecule is CCNC(=NCc1ccc(Cn2ccccc2=O)cc1)N1CCC(Oc2ccccc2)CC1.I. The first kappa shape index (κ1) is 25.8. The van der Waals surface area contributed by atoms with E-state index in [9.17, 15) is 4.79 Å². The number of para-hydroxylation sites is 1. The van der Waals surface area contributed by atoms with E-state index in [1.807, 2.05) is 42.6 Å². The molecule has 0 radical (unpaired) electrons. The molecule has 7 heteroatoms. The third-order valence-electron chi connectivity index (χ3n) is 5.81. The molecule has 2 heterocycles. The average Bonchev–Trinajstić information content (AvgIpc) is 2.85. The summed E-state index contributed by atoms with van der Waals surface area (Å²) in [5.41, 5.74) is 2.26. The van der Waals surface area contributed by atoms with Gasteiger partial charge in [-0.15, -0.1) is 24.0 Å². The smallest absolute Gasteiger partial charge is 0.250 e. The van der Waals surface area contributed by atoms with Crippen LogP contribution in [0, 0.1) is 0 Å². The number of hydrogen-bond donors (Lipinski definition) is 1. The number of pyridine rings is 1. The van der Waals surface area contributed by atoms with Crippen LogP contribution in [0.15, 0.2) is 88.8 Å².